The van der Waals surface area contributed by atoms with Crippen LogP contribution in [0.2, 0.25) is 0 Å². The van der Waals surface area contributed by atoms with Crippen LogP contribution in [0.4, 0.5) is 0 Å². The number of aromatic nitrogens is 4. The first kappa shape index (κ1) is 17.5. The molecule has 0 aromatic carbocycles. The normalized spacial score (nSPS) is 16.7. The van der Waals surface area contributed by atoms with Crippen molar-refractivity contribution in [3.05, 3.63) is 41.5 Å². The fourth-order valence-corrected chi connectivity index (χ4v) is 3.01. The van der Waals surface area contributed by atoms with Crippen LogP contribution in [-0.4, -0.2) is 57.2 Å². The SMILES string of the molecule is CCOCC(=O)N1Cc2nnn(C)c2[C@H](COCc2ccccn2)C1. The summed E-state index contributed by atoms with van der Waals surface area (Å²) in [4.78, 5) is 18.3. The predicted octanol–water partition coefficient (Wildman–Crippen LogP) is 0.889. The van der Waals surface area contributed by atoms with E-state index >= 15 is 0 Å². The number of hydrogen-bond donors (Lipinski definition) is 0. The highest BCUT2D eigenvalue weighted by Crippen LogP contribution is 2.27. The molecule has 0 spiro atoms. The van der Waals surface area contributed by atoms with Gasteiger partial charge in [-0.3, -0.25) is 14.5 Å². The Hall–Kier alpha value is -2.32. The number of hydrogen-bond acceptors (Lipinski definition) is 6. The molecule has 1 aliphatic heterocycles. The Morgan fingerprint density at radius 2 is 2.24 bits per heavy atom. The first-order chi connectivity index (χ1) is 12.2. The Balaban J connectivity index is 1.66. The summed E-state index contributed by atoms with van der Waals surface area (Å²) >= 11 is 0. The average Bonchev–Trinajstić information content (AvgIpc) is 3.01. The summed E-state index contributed by atoms with van der Waals surface area (Å²) in [6.07, 6.45) is 1.75. The van der Waals surface area contributed by atoms with Gasteiger partial charge in [-0.05, 0) is 19.1 Å². The highest BCUT2D eigenvalue weighted by atomic mass is 16.5. The summed E-state index contributed by atoms with van der Waals surface area (Å²) in [5, 5.41) is 8.30. The Morgan fingerprint density at radius 3 is 3.00 bits per heavy atom. The van der Waals surface area contributed by atoms with Gasteiger partial charge in [-0.15, -0.1) is 5.10 Å². The van der Waals surface area contributed by atoms with Crippen molar-refractivity contribution in [3.63, 3.8) is 0 Å². The highest BCUT2D eigenvalue weighted by Gasteiger charge is 2.32. The van der Waals surface area contributed by atoms with Crippen LogP contribution in [0.15, 0.2) is 24.4 Å². The van der Waals surface area contributed by atoms with Crippen LogP contribution in [0.5, 0.6) is 0 Å². The molecule has 0 saturated carbocycles. The van der Waals surface area contributed by atoms with Crippen LogP contribution < -0.4 is 0 Å². The third-order valence-corrected chi connectivity index (χ3v) is 4.19. The van der Waals surface area contributed by atoms with Crippen LogP contribution in [0.1, 0.15) is 29.9 Å². The molecule has 0 N–H and O–H groups in total. The number of carbonyl (C=O) groups is 1. The number of amides is 1. The third-order valence-electron chi connectivity index (χ3n) is 4.19. The second-order valence-electron chi connectivity index (χ2n) is 5.99. The van der Waals surface area contributed by atoms with Gasteiger partial charge in [0.1, 0.15) is 12.3 Å². The monoisotopic (exact) mass is 345 g/mol. The molecular weight excluding hydrogens is 322 g/mol. The van der Waals surface area contributed by atoms with Gasteiger partial charge >= 0.3 is 0 Å². The Kier molecular flexibility index (Phi) is 5.72. The van der Waals surface area contributed by atoms with Crippen molar-refractivity contribution in [1.29, 1.82) is 0 Å². The molecule has 3 heterocycles. The van der Waals surface area contributed by atoms with E-state index in [0.717, 1.165) is 17.1 Å². The molecule has 1 aliphatic rings. The van der Waals surface area contributed by atoms with Crippen molar-refractivity contribution in [2.75, 3.05) is 26.4 Å². The zero-order valence-electron chi connectivity index (χ0n) is 14.6. The molecule has 25 heavy (non-hydrogen) atoms. The van der Waals surface area contributed by atoms with Crippen molar-refractivity contribution in [1.82, 2.24) is 24.9 Å². The van der Waals surface area contributed by atoms with Crippen molar-refractivity contribution in [3.8, 4) is 0 Å². The van der Waals surface area contributed by atoms with E-state index in [1.807, 2.05) is 32.2 Å². The number of nitrogens with zero attached hydrogens (tertiary/aromatic N) is 5. The Labute approximate surface area is 146 Å². The molecule has 0 saturated heterocycles. The van der Waals surface area contributed by atoms with Gasteiger partial charge in [-0.25, -0.2) is 0 Å². The van der Waals surface area contributed by atoms with E-state index in [2.05, 4.69) is 15.3 Å². The summed E-state index contributed by atoms with van der Waals surface area (Å²) in [5.41, 5.74) is 2.73. The molecule has 1 amide bonds. The van der Waals surface area contributed by atoms with Crippen LogP contribution in [0.25, 0.3) is 0 Å². The maximum Gasteiger partial charge on any atom is 0.248 e. The minimum Gasteiger partial charge on any atom is -0.374 e. The van der Waals surface area contributed by atoms with E-state index in [1.54, 1.807) is 15.8 Å². The lowest BCUT2D eigenvalue weighted by molar-refractivity contribution is -0.137. The van der Waals surface area contributed by atoms with E-state index in [0.29, 0.717) is 32.9 Å². The number of carbonyl (C=O) groups excluding carboxylic acids is 1. The van der Waals surface area contributed by atoms with Crippen molar-refractivity contribution in [2.45, 2.75) is 26.0 Å². The maximum atomic E-state index is 12.3. The fourth-order valence-electron chi connectivity index (χ4n) is 3.01. The molecular formula is C17H23N5O3. The minimum absolute atomic E-state index is 0.0260. The van der Waals surface area contributed by atoms with Gasteiger partial charge < -0.3 is 14.4 Å². The standard InChI is InChI=1S/C17H23N5O3/c1-3-24-12-16(23)22-8-13(17-15(9-22)19-20-21(17)2)10-25-11-14-6-4-5-7-18-14/h4-7,13H,3,8-12H2,1-2H3/t13-/m0/s1. The van der Waals surface area contributed by atoms with E-state index in [9.17, 15) is 4.79 Å². The smallest absolute Gasteiger partial charge is 0.248 e. The molecule has 0 unspecified atom stereocenters. The summed E-state index contributed by atoms with van der Waals surface area (Å²) in [6, 6.07) is 5.74. The van der Waals surface area contributed by atoms with E-state index in [4.69, 9.17) is 9.47 Å². The summed E-state index contributed by atoms with van der Waals surface area (Å²) in [5.74, 6) is -0.00841. The van der Waals surface area contributed by atoms with Gasteiger partial charge in [0, 0.05) is 32.3 Å². The number of pyridine rings is 1. The maximum absolute atomic E-state index is 12.3. The van der Waals surface area contributed by atoms with Crippen molar-refractivity contribution >= 4 is 5.91 Å². The van der Waals surface area contributed by atoms with E-state index in [1.165, 1.54) is 0 Å². The lowest BCUT2D eigenvalue weighted by atomic mass is 9.99. The molecule has 8 nitrogen and oxygen atoms in total. The zero-order chi connectivity index (χ0) is 17.6. The highest BCUT2D eigenvalue weighted by molar-refractivity contribution is 5.77. The van der Waals surface area contributed by atoms with Crippen molar-refractivity contribution < 1.29 is 14.3 Å². The minimum atomic E-state index is -0.0344. The first-order valence-corrected chi connectivity index (χ1v) is 8.40. The topological polar surface area (TPSA) is 82.4 Å². The predicted molar refractivity (Wildman–Crippen MR) is 89.5 cm³/mol. The van der Waals surface area contributed by atoms with Gasteiger partial charge in [-0.2, -0.15) is 0 Å². The lowest BCUT2D eigenvalue weighted by Crippen LogP contribution is -2.41. The van der Waals surface area contributed by atoms with Gasteiger partial charge in [0.25, 0.3) is 0 Å². The average molecular weight is 345 g/mol. The van der Waals surface area contributed by atoms with Crippen LogP contribution >= 0.6 is 0 Å². The number of rotatable bonds is 7. The van der Waals surface area contributed by atoms with Gasteiger partial charge in [0.15, 0.2) is 0 Å². The lowest BCUT2D eigenvalue weighted by Gasteiger charge is -2.32. The van der Waals surface area contributed by atoms with Crippen LogP contribution in [-0.2, 0) is 34.5 Å². The molecule has 0 bridgehead atoms. The molecule has 0 radical (unpaired) electrons. The van der Waals surface area contributed by atoms with Gasteiger partial charge in [0.2, 0.25) is 5.91 Å². The van der Waals surface area contributed by atoms with E-state index in [-0.39, 0.29) is 18.4 Å². The molecule has 0 aliphatic carbocycles. The first-order valence-electron chi connectivity index (χ1n) is 8.40. The zero-order valence-corrected chi connectivity index (χ0v) is 14.6. The quantitative estimate of drug-likeness (QED) is 0.741. The summed E-state index contributed by atoms with van der Waals surface area (Å²) in [7, 11) is 1.87. The van der Waals surface area contributed by atoms with E-state index < -0.39 is 0 Å². The molecule has 3 rings (SSSR count). The molecule has 2 aromatic rings. The van der Waals surface area contributed by atoms with Crippen molar-refractivity contribution in [2.24, 2.45) is 7.05 Å². The fraction of sp³-hybridized carbons (Fsp3) is 0.529. The molecule has 0 fully saturated rings. The van der Waals surface area contributed by atoms with Crippen LogP contribution in [0, 0.1) is 0 Å². The van der Waals surface area contributed by atoms with Gasteiger partial charge in [0.05, 0.1) is 31.1 Å². The number of fused-ring (bicyclic) bond motifs is 1. The Bertz CT molecular complexity index is 704. The van der Waals surface area contributed by atoms with Crippen LogP contribution in [0.3, 0.4) is 0 Å². The molecule has 134 valence electrons. The second kappa shape index (κ2) is 8.17. The molecule has 8 heteroatoms. The number of aryl methyl sites for hydroxylation is 1. The molecule has 1 atom stereocenters. The Morgan fingerprint density at radius 1 is 1.36 bits per heavy atom. The molecule has 2 aromatic heterocycles. The third kappa shape index (κ3) is 4.21. The largest absolute Gasteiger partial charge is 0.374 e. The summed E-state index contributed by atoms with van der Waals surface area (Å²) < 4.78 is 12.9. The number of ether oxygens (including phenoxy) is 2. The second-order valence-corrected chi connectivity index (χ2v) is 5.99. The summed E-state index contributed by atoms with van der Waals surface area (Å²) in [6.45, 7) is 4.43. The van der Waals surface area contributed by atoms with Gasteiger partial charge in [-0.1, -0.05) is 11.3 Å².